The highest BCUT2D eigenvalue weighted by molar-refractivity contribution is 7.83. The van der Waals surface area contributed by atoms with E-state index in [1.165, 1.54) is 6.07 Å². The molecule has 0 aliphatic carbocycles. The zero-order chi connectivity index (χ0) is 15.9. The van der Waals surface area contributed by atoms with E-state index < -0.39 is 16.8 Å². The summed E-state index contributed by atoms with van der Waals surface area (Å²) in [5, 5.41) is 5.30. The maximum atomic E-state index is 13.5. The molecule has 0 saturated carbocycles. The summed E-state index contributed by atoms with van der Waals surface area (Å²) in [6.45, 7) is 0.0976. The molecule has 0 spiro atoms. The quantitative estimate of drug-likeness (QED) is 0.889. The van der Waals surface area contributed by atoms with Crippen molar-refractivity contribution in [2.45, 2.75) is 12.3 Å². The van der Waals surface area contributed by atoms with E-state index in [0.717, 1.165) is 5.56 Å². The molecule has 0 aliphatic rings. The summed E-state index contributed by atoms with van der Waals surface area (Å²) in [5.74, 6) is 0.00798. The summed E-state index contributed by atoms with van der Waals surface area (Å²) in [4.78, 5) is 11.9. The third kappa shape index (κ3) is 4.66. The molecule has 0 heterocycles. The van der Waals surface area contributed by atoms with E-state index in [2.05, 4.69) is 10.6 Å². The monoisotopic (exact) mass is 320 g/mol. The Morgan fingerprint density at radius 2 is 1.73 bits per heavy atom. The fourth-order valence-corrected chi connectivity index (χ4v) is 2.66. The standard InChI is InChI=1S/C16H17FN2O2S/c1-22(21)11-13-7-3-5-9-15(13)19-16(20)18-10-12-6-2-4-8-14(12)17/h2-9H,10-11H2,1H3,(H2,18,19,20). The molecule has 2 aromatic rings. The zero-order valence-corrected chi connectivity index (χ0v) is 13.0. The number of benzene rings is 2. The Morgan fingerprint density at radius 1 is 1.09 bits per heavy atom. The summed E-state index contributed by atoms with van der Waals surface area (Å²) in [5.41, 5.74) is 1.81. The first-order chi connectivity index (χ1) is 10.6. The number of para-hydroxylation sites is 1. The topological polar surface area (TPSA) is 58.2 Å². The van der Waals surface area contributed by atoms with E-state index in [9.17, 15) is 13.4 Å². The number of amides is 2. The van der Waals surface area contributed by atoms with Gasteiger partial charge in [-0.1, -0.05) is 36.4 Å². The lowest BCUT2D eigenvalue weighted by atomic mass is 10.2. The normalized spacial score (nSPS) is 11.7. The predicted molar refractivity (Wildman–Crippen MR) is 86.5 cm³/mol. The lowest BCUT2D eigenvalue weighted by Crippen LogP contribution is -2.29. The Morgan fingerprint density at radius 3 is 2.41 bits per heavy atom. The van der Waals surface area contributed by atoms with Gasteiger partial charge in [0, 0.05) is 34.9 Å². The Kier molecular flexibility index (Phi) is 5.66. The fraction of sp³-hybridized carbons (Fsp3) is 0.188. The number of hydrogen-bond donors (Lipinski definition) is 2. The molecule has 116 valence electrons. The molecule has 0 radical (unpaired) electrons. The minimum absolute atomic E-state index is 0.0976. The smallest absolute Gasteiger partial charge is 0.319 e. The van der Waals surface area contributed by atoms with Crippen LogP contribution in [0.5, 0.6) is 0 Å². The molecule has 2 rings (SSSR count). The van der Waals surface area contributed by atoms with E-state index in [1.807, 2.05) is 12.1 Å². The summed E-state index contributed by atoms with van der Waals surface area (Å²) >= 11 is 0. The van der Waals surface area contributed by atoms with Gasteiger partial charge in [0.05, 0.1) is 5.75 Å². The third-order valence-corrected chi connectivity index (χ3v) is 3.74. The van der Waals surface area contributed by atoms with Crippen LogP contribution in [-0.4, -0.2) is 16.5 Å². The van der Waals surface area contributed by atoms with Crippen LogP contribution >= 0.6 is 0 Å². The first-order valence-electron chi connectivity index (χ1n) is 6.72. The Balaban J connectivity index is 1.98. The number of urea groups is 1. The molecule has 1 atom stereocenters. The molecular weight excluding hydrogens is 303 g/mol. The van der Waals surface area contributed by atoms with Crippen LogP contribution in [0.4, 0.5) is 14.9 Å². The van der Waals surface area contributed by atoms with Crippen LogP contribution in [0.1, 0.15) is 11.1 Å². The van der Waals surface area contributed by atoms with Crippen LogP contribution in [0, 0.1) is 5.82 Å². The molecule has 0 saturated heterocycles. The maximum absolute atomic E-state index is 13.5. The van der Waals surface area contributed by atoms with Crippen molar-refractivity contribution in [1.82, 2.24) is 5.32 Å². The number of anilines is 1. The van der Waals surface area contributed by atoms with Crippen LogP contribution in [-0.2, 0) is 23.1 Å². The number of halogens is 1. The van der Waals surface area contributed by atoms with E-state index in [1.54, 1.807) is 36.6 Å². The van der Waals surface area contributed by atoms with E-state index in [0.29, 0.717) is 17.0 Å². The van der Waals surface area contributed by atoms with Gasteiger partial charge in [-0.25, -0.2) is 9.18 Å². The molecule has 2 amide bonds. The molecule has 0 fully saturated rings. The van der Waals surface area contributed by atoms with Gasteiger partial charge in [-0.05, 0) is 17.7 Å². The largest absolute Gasteiger partial charge is 0.334 e. The van der Waals surface area contributed by atoms with Crippen molar-refractivity contribution >= 4 is 22.5 Å². The molecule has 0 bridgehead atoms. The highest BCUT2D eigenvalue weighted by Crippen LogP contribution is 2.16. The zero-order valence-electron chi connectivity index (χ0n) is 12.1. The van der Waals surface area contributed by atoms with Gasteiger partial charge < -0.3 is 10.6 Å². The van der Waals surface area contributed by atoms with Crippen molar-refractivity contribution < 1.29 is 13.4 Å². The van der Waals surface area contributed by atoms with Gasteiger partial charge in [0.25, 0.3) is 0 Å². The number of nitrogens with one attached hydrogen (secondary N) is 2. The molecular formula is C16H17FN2O2S. The Bertz CT molecular complexity index is 691. The second-order valence-electron chi connectivity index (χ2n) is 4.77. The number of rotatable bonds is 5. The Labute approximate surface area is 131 Å². The SMILES string of the molecule is CS(=O)Cc1ccccc1NC(=O)NCc1ccccc1F. The summed E-state index contributed by atoms with van der Waals surface area (Å²) < 4.78 is 24.8. The van der Waals surface area contributed by atoms with Crippen molar-refractivity contribution in [3.05, 3.63) is 65.5 Å². The highest BCUT2D eigenvalue weighted by atomic mass is 32.2. The molecule has 4 nitrogen and oxygen atoms in total. The van der Waals surface area contributed by atoms with Gasteiger partial charge in [0.15, 0.2) is 0 Å². The molecule has 0 aromatic heterocycles. The number of hydrogen-bond acceptors (Lipinski definition) is 2. The summed E-state index contributed by atoms with van der Waals surface area (Å²) in [7, 11) is -0.999. The van der Waals surface area contributed by atoms with E-state index in [4.69, 9.17) is 0 Å². The maximum Gasteiger partial charge on any atom is 0.319 e. The minimum Gasteiger partial charge on any atom is -0.334 e. The second kappa shape index (κ2) is 7.70. The molecule has 22 heavy (non-hydrogen) atoms. The van der Waals surface area contributed by atoms with Gasteiger partial charge in [-0.3, -0.25) is 4.21 Å². The Hall–Kier alpha value is -2.21. The molecule has 0 aliphatic heterocycles. The van der Waals surface area contributed by atoms with Crippen LogP contribution in [0.3, 0.4) is 0 Å². The first-order valence-corrected chi connectivity index (χ1v) is 8.45. The number of carbonyl (C=O) groups excluding carboxylic acids is 1. The van der Waals surface area contributed by atoms with Gasteiger partial charge in [0.1, 0.15) is 5.82 Å². The molecule has 2 aromatic carbocycles. The van der Waals surface area contributed by atoms with E-state index >= 15 is 0 Å². The molecule has 2 N–H and O–H groups in total. The second-order valence-corrected chi connectivity index (χ2v) is 6.21. The first kappa shape index (κ1) is 16.2. The van der Waals surface area contributed by atoms with Crippen molar-refractivity contribution in [2.75, 3.05) is 11.6 Å². The summed E-state index contributed by atoms with van der Waals surface area (Å²) in [6, 6.07) is 13.0. The minimum atomic E-state index is -0.999. The lowest BCUT2D eigenvalue weighted by molar-refractivity contribution is 0.251. The number of carbonyl (C=O) groups is 1. The average molecular weight is 320 g/mol. The molecule has 6 heteroatoms. The molecule has 1 unspecified atom stereocenters. The van der Waals surface area contributed by atoms with Gasteiger partial charge in [-0.2, -0.15) is 0 Å². The van der Waals surface area contributed by atoms with E-state index in [-0.39, 0.29) is 12.4 Å². The van der Waals surface area contributed by atoms with Crippen molar-refractivity contribution in [1.29, 1.82) is 0 Å². The van der Waals surface area contributed by atoms with Crippen LogP contribution < -0.4 is 10.6 Å². The summed E-state index contributed by atoms with van der Waals surface area (Å²) in [6.07, 6.45) is 1.61. The van der Waals surface area contributed by atoms with Gasteiger partial charge in [-0.15, -0.1) is 0 Å². The third-order valence-electron chi connectivity index (χ3n) is 3.02. The van der Waals surface area contributed by atoms with Crippen LogP contribution in [0.25, 0.3) is 0 Å². The fourth-order valence-electron chi connectivity index (χ4n) is 1.97. The lowest BCUT2D eigenvalue weighted by Gasteiger charge is -2.11. The predicted octanol–water partition coefficient (Wildman–Crippen LogP) is 3.03. The average Bonchev–Trinajstić information content (AvgIpc) is 2.48. The highest BCUT2D eigenvalue weighted by Gasteiger charge is 2.08. The van der Waals surface area contributed by atoms with Crippen molar-refractivity contribution in [3.8, 4) is 0 Å². The van der Waals surface area contributed by atoms with Crippen LogP contribution in [0.15, 0.2) is 48.5 Å². The van der Waals surface area contributed by atoms with Gasteiger partial charge in [0.2, 0.25) is 0 Å². The van der Waals surface area contributed by atoms with Gasteiger partial charge >= 0.3 is 6.03 Å². The van der Waals surface area contributed by atoms with Crippen molar-refractivity contribution in [3.63, 3.8) is 0 Å². The van der Waals surface area contributed by atoms with Crippen LogP contribution in [0.2, 0.25) is 0 Å². The van der Waals surface area contributed by atoms with Crippen molar-refractivity contribution in [2.24, 2.45) is 0 Å².